The second-order valence-electron chi connectivity index (χ2n) is 5.15. The number of hydrogen-bond acceptors (Lipinski definition) is 3. The molecule has 0 aliphatic heterocycles. The van der Waals surface area contributed by atoms with Crippen molar-refractivity contribution < 1.29 is 9.53 Å². The molecule has 1 aromatic carbocycles. The zero-order valence-corrected chi connectivity index (χ0v) is 11.8. The van der Waals surface area contributed by atoms with Crippen LogP contribution in [0.3, 0.4) is 0 Å². The van der Waals surface area contributed by atoms with Gasteiger partial charge < -0.3 is 10.5 Å². The van der Waals surface area contributed by atoms with Crippen molar-refractivity contribution in [2.24, 2.45) is 5.73 Å². The molecule has 0 heterocycles. The van der Waals surface area contributed by atoms with Crippen LogP contribution in [-0.2, 0) is 4.74 Å². The molecule has 100 valence electrons. The van der Waals surface area contributed by atoms with Gasteiger partial charge in [-0.25, -0.2) is 4.79 Å². The average molecular weight is 271 g/mol. The van der Waals surface area contributed by atoms with E-state index in [1.807, 2.05) is 27.7 Å². The molecular formula is C13H19ClN2O2. The summed E-state index contributed by atoms with van der Waals surface area (Å²) in [6.07, 6.45) is -0.500. The van der Waals surface area contributed by atoms with Crippen LogP contribution in [0.2, 0.25) is 5.02 Å². The molecule has 1 unspecified atom stereocenters. The Morgan fingerprint density at radius 2 is 2.06 bits per heavy atom. The van der Waals surface area contributed by atoms with E-state index in [1.54, 1.807) is 18.2 Å². The van der Waals surface area contributed by atoms with Crippen LogP contribution >= 0.6 is 11.6 Å². The number of hydrogen-bond donors (Lipinski definition) is 2. The highest BCUT2D eigenvalue weighted by atomic mass is 35.5. The molecule has 0 aliphatic carbocycles. The normalized spacial score (nSPS) is 13.0. The van der Waals surface area contributed by atoms with Crippen LogP contribution in [0, 0.1) is 0 Å². The van der Waals surface area contributed by atoms with Crippen LogP contribution in [0.1, 0.15) is 39.3 Å². The molecule has 5 heteroatoms. The van der Waals surface area contributed by atoms with Gasteiger partial charge in [-0.1, -0.05) is 11.6 Å². The fourth-order valence-electron chi connectivity index (χ4n) is 1.39. The lowest BCUT2D eigenvalue weighted by Crippen LogP contribution is -2.27. The van der Waals surface area contributed by atoms with Gasteiger partial charge in [0.05, 0.1) is 0 Å². The second kappa shape index (κ2) is 5.59. The van der Waals surface area contributed by atoms with Crippen LogP contribution in [0.15, 0.2) is 18.2 Å². The highest BCUT2D eigenvalue weighted by Crippen LogP contribution is 2.25. The number of rotatable bonds is 2. The van der Waals surface area contributed by atoms with Gasteiger partial charge in [-0.3, -0.25) is 5.32 Å². The molecule has 1 amide bonds. The zero-order chi connectivity index (χ0) is 13.9. The molecular weight excluding hydrogens is 252 g/mol. The fraction of sp³-hybridized carbons (Fsp3) is 0.462. The van der Waals surface area contributed by atoms with Crippen LogP contribution in [0.25, 0.3) is 0 Å². The Hall–Kier alpha value is -1.26. The molecule has 0 spiro atoms. The first-order valence-electron chi connectivity index (χ1n) is 5.74. The lowest BCUT2D eigenvalue weighted by molar-refractivity contribution is 0.0636. The number of nitrogens with two attached hydrogens (primary N) is 1. The highest BCUT2D eigenvalue weighted by Gasteiger charge is 2.16. The Balaban J connectivity index is 2.80. The Labute approximate surface area is 112 Å². The van der Waals surface area contributed by atoms with Crippen LogP contribution in [-0.4, -0.2) is 11.7 Å². The quantitative estimate of drug-likeness (QED) is 0.861. The van der Waals surface area contributed by atoms with E-state index in [9.17, 15) is 4.79 Å². The van der Waals surface area contributed by atoms with Crippen LogP contribution < -0.4 is 11.1 Å². The summed E-state index contributed by atoms with van der Waals surface area (Å²) in [7, 11) is 0. The van der Waals surface area contributed by atoms with E-state index in [-0.39, 0.29) is 6.04 Å². The smallest absolute Gasteiger partial charge is 0.412 e. The first-order chi connectivity index (χ1) is 8.19. The molecule has 0 bridgehead atoms. The van der Waals surface area contributed by atoms with E-state index in [0.717, 1.165) is 5.56 Å². The lowest BCUT2D eigenvalue weighted by atomic mass is 10.1. The number of amides is 1. The third-order valence-electron chi connectivity index (χ3n) is 2.13. The van der Waals surface area contributed by atoms with Crippen LogP contribution in [0.5, 0.6) is 0 Å². The van der Waals surface area contributed by atoms with Crippen molar-refractivity contribution in [2.75, 3.05) is 5.32 Å². The topological polar surface area (TPSA) is 64.3 Å². The lowest BCUT2D eigenvalue weighted by Gasteiger charge is -2.20. The number of nitrogens with one attached hydrogen (secondary N) is 1. The highest BCUT2D eigenvalue weighted by molar-refractivity contribution is 6.31. The summed E-state index contributed by atoms with van der Waals surface area (Å²) in [5, 5.41) is 3.23. The largest absolute Gasteiger partial charge is 0.444 e. The predicted octanol–water partition coefficient (Wildman–Crippen LogP) is 3.71. The molecule has 4 nitrogen and oxygen atoms in total. The number of halogens is 1. The van der Waals surface area contributed by atoms with E-state index in [4.69, 9.17) is 22.1 Å². The third-order valence-corrected chi connectivity index (χ3v) is 2.48. The van der Waals surface area contributed by atoms with Crippen molar-refractivity contribution in [1.29, 1.82) is 0 Å². The zero-order valence-electron chi connectivity index (χ0n) is 11.1. The van der Waals surface area contributed by atoms with Gasteiger partial charge in [0.2, 0.25) is 0 Å². The fourth-order valence-corrected chi connectivity index (χ4v) is 1.68. The number of anilines is 1. The molecule has 18 heavy (non-hydrogen) atoms. The minimum Gasteiger partial charge on any atom is -0.444 e. The summed E-state index contributed by atoms with van der Waals surface area (Å²) in [5.41, 5.74) is 6.65. The Morgan fingerprint density at radius 3 is 2.56 bits per heavy atom. The van der Waals surface area contributed by atoms with Crippen molar-refractivity contribution in [3.8, 4) is 0 Å². The summed E-state index contributed by atoms with van der Waals surface area (Å²) in [6.45, 7) is 7.25. The number of ether oxygens (including phenoxy) is 1. The maximum Gasteiger partial charge on any atom is 0.412 e. The minimum absolute atomic E-state index is 0.196. The second-order valence-corrected chi connectivity index (χ2v) is 5.56. The van der Waals surface area contributed by atoms with Gasteiger partial charge in [-0.15, -0.1) is 0 Å². The van der Waals surface area contributed by atoms with Crippen molar-refractivity contribution >= 4 is 23.4 Å². The van der Waals surface area contributed by atoms with Gasteiger partial charge in [-0.05, 0) is 51.5 Å². The molecule has 0 aliphatic rings. The van der Waals surface area contributed by atoms with Gasteiger partial charge in [0.25, 0.3) is 0 Å². The van der Waals surface area contributed by atoms with Crippen molar-refractivity contribution in [2.45, 2.75) is 39.3 Å². The maximum atomic E-state index is 11.6. The van der Waals surface area contributed by atoms with Gasteiger partial charge >= 0.3 is 6.09 Å². The summed E-state index contributed by atoms with van der Waals surface area (Å²) in [4.78, 5) is 11.6. The molecule has 3 N–H and O–H groups in total. The Kier molecular flexibility index (Phi) is 4.59. The van der Waals surface area contributed by atoms with Crippen molar-refractivity contribution in [3.05, 3.63) is 28.8 Å². The van der Waals surface area contributed by atoms with Crippen LogP contribution in [0.4, 0.5) is 10.5 Å². The number of carbonyl (C=O) groups is 1. The van der Waals surface area contributed by atoms with Crippen molar-refractivity contribution in [3.63, 3.8) is 0 Å². The summed E-state index contributed by atoms with van der Waals surface area (Å²) in [6, 6.07) is 4.96. The van der Waals surface area contributed by atoms with E-state index >= 15 is 0 Å². The number of benzene rings is 1. The first kappa shape index (κ1) is 14.8. The third kappa shape index (κ3) is 4.55. The molecule has 0 saturated carbocycles. The maximum absolute atomic E-state index is 11.6. The predicted molar refractivity (Wildman–Crippen MR) is 73.9 cm³/mol. The van der Waals surface area contributed by atoms with E-state index in [1.165, 1.54) is 0 Å². The molecule has 0 saturated heterocycles. The first-order valence-corrected chi connectivity index (χ1v) is 6.12. The average Bonchev–Trinajstić information content (AvgIpc) is 2.17. The minimum atomic E-state index is -0.527. The molecule has 1 aromatic rings. The molecule has 0 aromatic heterocycles. The number of carbonyl (C=O) groups excluding carboxylic acids is 1. The molecule has 1 atom stereocenters. The van der Waals surface area contributed by atoms with E-state index < -0.39 is 11.7 Å². The molecule has 1 rings (SSSR count). The Morgan fingerprint density at radius 1 is 1.44 bits per heavy atom. The summed E-state index contributed by atoms with van der Waals surface area (Å²) >= 11 is 6.01. The van der Waals surface area contributed by atoms with Gasteiger partial charge in [0.1, 0.15) is 5.60 Å². The van der Waals surface area contributed by atoms with E-state index in [2.05, 4.69) is 5.32 Å². The van der Waals surface area contributed by atoms with E-state index in [0.29, 0.717) is 10.7 Å². The summed E-state index contributed by atoms with van der Waals surface area (Å²) in [5.74, 6) is 0. The monoisotopic (exact) mass is 270 g/mol. The molecule has 0 radical (unpaired) electrons. The standard InChI is InChI=1S/C13H19ClN2O2/c1-8(15)10-7-9(5-6-11(10)14)16-12(17)18-13(2,3)4/h5-8H,15H2,1-4H3,(H,16,17). The summed E-state index contributed by atoms with van der Waals surface area (Å²) < 4.78 is 5.16. The van der Waals surface area contributed by atoms with Crippen molar-refractivity contribution in [1.82, 2.24) is 0 Å². The van der Waals surface area contributed by atoms with Gasteiger partial charge in [0, 0.05) is 16.8 Å². The Bertz CT molecular complexity index is 439. The SMILES string of the molecule is CC(N)c1cc(NC(=O)OC(C)(C)C)ccc1Cl. The van der Waals surface area contributed by atoms with Gasteiger partial charge in [0.15, 0.2) is 0 Å². The molecule has 0 fully saturated rings. The van der Waals surface area contributed by atoms with Gasteiger partial charge in [-0.2, -0.15) is 0 Å².